The van der Waals surface area contributed by atoms with Crippen molar-refractivity contribution in [1.82, 2.24) is 10.2 Å². The highest BCUT2D eigenvalue weighted by Crippen LogP contribution is 2.21. The van der Waals surface area contributed by atoms with Crippen LogP contribution in [-0.4, -0.2) is 35.6 Å². The van der Waals surface area contributed by atoms with Crippen molar-refractivity contribution in [2.75, 3.05) is 12.8 Å². The highest BCUT2D eigenvalue weighted by atomic mass is 35.5. The molecule has 0 aliphatic rings. The molecular weight excluding hydrogens is 368 g/mol. The third kappa shape index (κ3) is 5.78. The summed E-state index contributed by atoms with van der Waals surface area (Å²) in [5.41, 5.74) is 1.99. The third-order valence-electron chi connectivity index (χ3n) is 4.05. The van der Waals surface area contributed by atoms with E-state index < -0.39 is 6.04 Å². The van der Waals surface area contributed by atoms with Gasteiger partial charge in [-0.3, -0.25) is 9.59 Å². The summed E-state index contributed by atoms with van der Waals surface area (Å²) in [6.07, 6.45) is 0. The summed E-state index contributed by atoms with van der Waals surface area (Å²) in [4.78, 5) is 26.5. The molecule has 0 fully saturated rings. The molecule has 1 atom stereocenters. The highest BCUT2D eigenvalue weighted by molar-refractivity contribution is 7.99. The second kappa shape index (κ2) is 10.2. The summed E-state index contributed by atoms with van der Waals surface area (Å²) >= 11 is 7.66. The van der Waals surface area contributed by atoms with Crippen LogP contribution in [0.3, 0.4) is 0 Å². The lowest BCUT2D eigenvalue weighted by Gasteiger charge is -2.28. The van der Waals surface area contributed by atoms with Gasteiger partial charge in [-0.05, 0) is 24.1 Å². The number of hydrogen-bond donors (Lipinski definition) is 1. The standard InChI is InChI=1S/C20H23ClN2O2S/c1-15(20(25)22-2)23(12-16-8-4-3-5-9-16)19(24)14-26-13-17-10-6-7-11-18(17)21/h3-11,15H,12-14H2,1-2H3,(H,22,25)/t15-/m1/s1. The van der Waals surface area contributed by atoms with Crippen molar-refractivity contribution in [3.8, 4) is 0 Å². The quantitative estimate of drug-likeness (QED) is 0.747. The lowest BCUT2D eigenvalue weighted by molar-refractivity contribution is -0.138. The van der Waals surface area contributed by atoms with E-state index in [9.17, 15) is 9.59 Å². The Kier molecular flexibility index (Phi) is 8.01. The molecule has 0 heterocycles. The van der Waals surface area contributed by atoms with E-state index in [1.165, 1.54) is 11.8 Å². The molecule has 0 aliphatic heterocycles. The number of carbonyl (C=O) groups is 2. The van der Waals surface area contributed by atoms with Crippen LogP contribution < -0.4 is 5.32 Å². The van der Waals surface area contributed by atoms with Gasteiger partial charge in [0.15, 0.2) is 0 Å². The van der Waals surface area contributed by atoms with Crippen LogP contribution in [0.1, 0.15) is 18.1 Å². The van der Waals surface area contributed by atoms with E-state index in [0.29, 0.717) is 23.1 Å². The number of likely N-dealkylation sites (N-methyl/N-ethyl adjacent to an activating group) is 1. The Labute approximate surface area is 163 Å². The molecule has 4 nitrogen and oxygen atoms in total. The third-order valence-corrected chi connectivity index (χ3v) is 5.39. The van der Waals surface area contributed by atoms with E-state index in [1.807, 2.05) is 54.6 Å². The molecule has 0 saturated heterocycles. The lowest BCUT2D eigenvalue weighted by atomic mass is 10.1. The van der Waals surface area contributed by atoms with E-state index in [0.717, 1.165) is 11.1 Å². The molecule has 6 heteroatoms. The summed E-state index contributed by atoms with van der Waals surface area (Å²) in [5, 5.41) is 3.32. The first-order chi connectivity index (χ1) is 12.5. The van der Waals surface area contributed by atoms with Crippen molar-refractivity contribution < 1.29 is 9.59 Å². The van der Waals surface area contributed by atoms with Crippen LogP contribution in [0.2, 0.25) is 5.02 Å². The second-order valence-electron chi connectivity index (χ2n) is 5.88. The van der Waals surface area contributed by atoms with E-state index in [-0.39, 0.29) is 11.8 Å². The minimum absolute atomic E-state index is 0.0676. The van der Waals surface area contributed by atoms with Gasteiger partial charge >= 0.3 is 0 Å². The molecule has 0 aliphatic carbocycles. The van der Waals surface area contributed by atoms with Gasteiger partial charge in [0, 0.05) is 24.4 Å². The van der Waals surface area contributed by atoms with Gasteiger partial charge in [0.1, 0.15) is 6.04 Å². The maximum atomic E-state index is 12.8. The molecule has 2 rings (SSSR count). The van der Waals surface area contributed by atoms with Crippen molar-refractivity contribution >= 4 is 35.2 Å². The molecule has 0 spiro atoms. The monoisotopic (exact) mass is 390 g/mol. The van der Waals surface area contributed by atoms with Crippen molar-refractivity contribution in [1.29, 1.82) is 0 Å². The summed E-state index contributed by atoms with van der Waals surface area (Å²) in [6.45, 7) is 2.15. The van der Waals surface area contributed by atoms with Crippen molar-refractivity contribution in [2.24, 2.45) is 0 Å². The molecule has 0 radical (unpaired) electrons. The van der Waals surface area contributed by atoms with Crippen LogP contribution >= 0.6 is 23.4 Å². The summed E-state index contributed by atoms with van der Waals surface area (Å²) < 4.78 is 0. The number of halogens is 1. The van der Waals surface area contributed by atoms with Gasteiger partial charge in [0.2, 0.25) is 11.8 Å². The Bertz CT molecular complexity index is 740. The van der Waals surface area contributed by atoms with Crippen LogP contribution in [0.25, 0.3) is 0 Å². The predicted molar refractivity (Wildman–Crippen MR) is 108 cm³/mol. The number of nitrogens with one attached hydrogen (secondary N) is 1. The van der Waals surface area contributed by atoms with Crippen LogP contribution in [0.5, 0.6) is 0 Å². The van der Waals surface area contributed by atoms with Crippen LogP contribution in [0.4, 0.5) is 0 Å². The number of nitrogens with zero attached hydrogens (tertiary/aromatic N) is 1. The Hall–Kier alpha value is -1.98. The van der Waals surface area contributed by atoms with E-state index >= 15 is 0 Å². The first kappa shape index (κ1) is 20.3. The van der Waals surface area contributed by atoms with Gasteiger partial charge in [-0.1, -0.05) is 60.1 Å². The predicted octanol–water partition coefficient (Wildman–Crippen LogP) is 3.74. The average molecular weight is 391 g/mol. The molecule has 0 unspecified atom stereocenters. The number of rotatable bonds is 8. The Balaban J connectivity index is 2.02. The van der Waals surface area contributed by atoms with Gasteiger partial charge in [-0.2, -0.15) is 0 Å². The number of carbonyl (C=O) groups excluding carboxylic acids is 2. The summed E-state index contributed by atoms with van der Waals surface area (Å²) in [7, 11) is 1.58. The zero-order chi connectivity index (χ0) is 18.9. The van der Waals surface area contributed by atoms with E-state index in [2.05, 4.69) is 5.32 Å². The minimum atomic E-state index is -0.534. The SMILES string of the molecule is CNC(=O)[C@@H](C)N(Cc1ccccc1)C(=O)CSCc1ccccc1Cl. The number of benzene rings is 2. The van der Waals surface area contributed by atoms with E-state index in [4.69, 9.17) is 11.6 Å². The maximum Gasteiger partial charge on any atom is 0.242 e. The van der Waals surface area contributed by atoms with Crippen molar-refractivity contribution in [2.45, 2.75) is 25.3 Å². The summed E-state index contributed by atoms with van der Waals surface area (Å²) in [5.74, 6) is 0.700. The van der Waals surface area contributed by atoms with Gasteiger partial charge in [0.25, 0.3) is 0 Å². The zero-order valence-electron chi connectivity index (χ0n) is 14.9. The second-order valence-corrected chi connectivity index (χ2v) is 7.27. The average Bonchev–Trinajstić information content (AvgIpc) is 2.67. The zero-order valence-corrected chi connectivity index (χ0v) is 16.5. The fourth-order valence-corrected chi connectivity index (χ4v) is 3.71. The van der Waals surface area contributed by atoms with Gasteiger partial charge in [-0.15, -0.1) is 11.8 Å². The van der Waals surface area contributed by atoms with Gasteiger partial charge in [0.05, 0.1) is 5.75 Å². The van der Waals surface area contributed by atoms with Crippen LogP contribution in [-0.2, 0) is 21.9 Å². The Morgan fingerprint density at radius 3 is 2.42 bits per heavy atom. The molecule has 2 aromatic rings. The lowest BCUT2D eigenvalue weighted by Crippen LogP contribution is -2.47. The minimum Gasteiger partial charge on any atom is -0.357 e. The Morgan fingerprint density at radius 1 is 1.12 bits per heavy atom. The maximum absolute atomic E-state index is 12.8. The number of amides is 2. The first-order valence-corrected chi connectivity index (χ1v) is 9.92. The topological polar surface area (TPSA) is 49.4 Å². The largest absolute Gasteiger partial charge is 0.357 e. The van der Waals surface area contributed by atoms with Crippen LogP contribution in [0, 0.1) is 0 Å². The first-order valence-electron chi connectivity index (χ1n) is 8.39. The van der Waals surface area contributed by atoms with Gasteiger partial charge < -0.3 is 10.2 Å². The molecule has 1 N–H and O–H groups in total. The summed E-state index contributed by atoms with van der Waals surface area (Å²) in [6, 6.07) is 16.8. The van der Waals surface area contributed by atoms with Crippen molar-refractivity contribution in [3.63, 3.8) is 0 Å². The van der Waals surface area contributed by atoms with Crippen molar-refractivity contribution in [3.05, 3.63) is 70.7 Å². The fourth-order valence-electron chi connectivity index (χ4n) is 2.52. The normalized spacial score (nSPS) is 11.7. The highest BCUT2D eigenvalue weighted by Gasteiger charge is 2.25. The Morgan fingerprint density at radius 2 is 1.77 bits per heavy atom. The number of hydrogen-bond acceptors (Lipinski definition) is 3. The molecule has 0 aromatic heterocycles. The molecule has 0 saturated carbocycles. The molecule has 138 valence electrons. The molecule has 0 bridgehead atoms. The molecule has 2 amide bonds. The molecular formula is C20H23ClN2O2S. The smallest absolute Gasteiger partial charge is 0.242 e. The number of thioether (sulfide) groups is 1. The van der Waals surface area contributed by atoms with Gasteiger partial charge in [-0.25, -0.2) is 0 Å². The van der Waals surface area contributed by atoms with E-state index in [1.54, 1.807) is 18.9 Å². The van der Waals surface area contributed by atoms with Crippen LogP contribution in [0.15, 0.2) is 54.6 Å². The molecule has 2 aromatic carbocycles. The molecule has 26 heavy (non-hydrogen) atoms. The fraction of sp³-hybridized carbons (Fsp3) is 0.300.